The molecule has 1 aromatic carbocycles. The van der Waals surface area contributed by atoms with Gasteiger partial charge in [-0.2, -0.15) is 0 Å². The van der Waals surface area contributed by atoms with Gasteiger partial charge in [0.05, 0.1) is 10.4 Å². The Morgan fingerprint density at radius 3 is 2.43 bits per heavy atom. The lowest BCUT2D eigenvalue weighted by atomic mass is 9.91. The number of benzene rings is 1. The van der Waals surface area contributed by atoms with Crippen molar-refractivity contribution in [2.24, 2.45) is 0 Å². The van der Waals surface area contributed by atoms with Gasteiger partial charge in [0.25, 0.3) is 10.0 Å². The minimum Gasteiger partial charge on any atom is -0.274 e. The van der Waals surface area contributed by atoms with E-state index in [1.165, 1.54) is 18.2 Å². The standard InChI is InChI=1S/C18H21NO3S/c1-4-17(20)19(18(5-2)13-7-6-8-14-18)23(21,22)16-11-9-15(3)10-12-16/h5-13H,2,4,14H2,1,3H3/t18-/m1/s1. The summed E-state index contributed by atoms with van der Waals surface area (Å²) in [5.74, 6) is -0.453. The molecule has 1 aliphatic rings. The highest BCUT2D eigenvalue weighted by Crippen LogP contribution is 2.33. The highest BCUT2D eigenvalue weighted by molar-refractivity contribution is 7.89. The molecule has 0 saturated carbocycles. The number of carbonyl (C=O) groups excluding carboxylic acids is 1. The maximum Gasteiger partial charge on any atom is 0.267 e. The number of hydrogen-bond acceptors (Lipinski definition) is 3. The van der Waals surface area contributed by atoms with Crippen LogP contribution in [-0.2, 0) is 14.8 Å². The van der Waals surface area contributed by atoms with E-state index in [9.17, 15) is 13.2 Å². The number of nitrogens with zero attached hydrogens (tertiary/aromatic N) is 1. The lowest BCUT2D eigenvalue weighted by molar-refractivity contribution is -0.128. The molecule has 0 aliphatic heterocycles. The van der Waals surface area contributed by atoms with E-state index in [-0.39, 0.29) is 11.3 Å². The minimum absolute atomic E-state index is 0.0955. The first-order chi connectivity index (χ1) is 10.9. The van der Waals surface area contributed by atoms with Gasteiger partial charge in [-0.25, -0.2) is 12.7 Å². The minimum atomic E-state index is -3.97. The summed E-state index contributed by atoms with van der Waals surface area (Å²) < 4.78 is 27.2. The van der Waals surface area contributed by atoms with E-state index in [4.69, 9.17) is 0 Å². The largest absolute Gasteiger partial charge is 0.274 e. The third-order valence-electron chi connectivity index (χ3n) is 3.90. The Bertz CT molecular complexity index is 760. The van der Waals surface area contributed by atoms with E-state index >= 15 is 0 Å². The normalized spacial score (nSPS) is 20.3. The van der Waals surface area contributed by atoms with E-state index in [2.05, 4.69) is 6.58 Å². The molecule has 0 bridgehead atoms. The monoisotopic (exact) mass is 331 g/mol. The van der Waals surface area contributed by atoms with Crippen LogP contribution in [0.4, 0.5) is 0 Å². The van der Waals surface area contributed by atoms with Crippen molar-refractivity contribution in [1.29, 1.82) is 0 Å². The predicted molar refractivity (Wildman–Crippen MR) is 91.3 cm³/mol. The number of aryl methyl sites for hydroxylation is 1. The van der Waals surface area contributed by atoms with Crippen LogP contribution >= 0.6 is 0 Å². The second-order valence-electron chi connectivity index (χ2n) is 5.52. The van der Waals surface area contributed by atoms with Gasteiger partial charge < -0.3 is 0 Å². The smallest absolute Gasteiger partial charge is 0.267 e. The quantitative estimate of drug-likeness (QED) is 0.777. The fourth-order valence-electron chi connectivity index (χ4n) is 2.56. The number of amides is 1. The molecule has 0 fully saturated rings. The predicted octanol–water partition coefficient (Wildman–Crippen LogP) is 3.36. The zero-order chi connectivity index (χ0) is 17.1. The molecule has 0 unspecified atom stereocenters. The highest BCUT2D eigenvalue weighted by atomic mass is 32.2. The fourth-order valence-corrected chi connectivity index (χ4v) is 4.31. The molecule has 4 nitrogen and oxygen atoms in total. The van der Waals surface area contributed by atoms with Gasteiger partial charge in [0.1, 0.15) is 0 Å². The van der Waals surface area contributed by atoms with Gasteiger partial charge in [0.2, 0.25) is 5.91 Å². The molecule has 1 aliphatic carbocycles. The van der Waals surface area contributed by atoms with E-state index in [0.29, 0.717) is 6.42 Å². The van der Waals surface area contributed by atoms with Crippen LogP contribution in [0.25, 0.3) is 0 Å². The van der Waals surface area contributed by atoms with Crippen molar-refractivity contribution in [2.75, 3.05) is 0 Å². The first-order valence-corrected chi connectivity index (χ1v) is 8.94. The Hall–Kier alpha value is -2.14. The average Bonchev–Trinajstić information content (AvgIpc) is 2.55. The molecule has 0 spiro atoms. The van der Waals surface area contributed by atoms with Crippen molar-refractivity contribution in [3.05, 3.63) is 66.8 Å². The number of sulfonamides is 1. The van der Waals surface area contributed by atoms with Crippen LogP contribution in [-0.4, -0.2) is 24.2 Å². The van der Waals surface area contributed by atoms with Crippen LogP contribution in [0.15, 0.2) is 66.1 Å². The molecular formula is C18H21NO3S. The summed E-state index contributed by atoms with van der Waals surface area (Å²) in [7, 11) is -3.97. The van der Waals surface area contributed by atoms with Gasteiger partial charge in [-0.1, -0.05) is 55.0 Å². The van der Waals surface area contributed by atoms with Gasteiger partial charge in [0, 0.05) is 6.42 Å². The van der Waals surface area contributed by atoms with Crippen LogP contribution in [0.3, 0.4) is 0 Å². The Balaban J connectivity index is 2.61. The lowest BCUT2D eigenvalue weighted by Crippen LogP contribution is -2.52. The molecule has 0 saturated heterocycles. The number of hydrogen-bond donors (Lipinski definition) is 0. The van der Waals surface area contributed by atoms with Crippen molar-refractivity contribution in [3.8, 4) is 0 Å². The van der Waals surface area contributed by atoms with Crippen LogP contribution in [0, 0.1) is 6.92 Å². The lowest BCUT2D eigenvalue weighted by Gasteiger charge is -2.39. The molecule has 5 heteroatoms. The molecule has 1 aromatic rings. The molecule has 0 aromatic heterocycles. The van der Waals surface area contributed by atoms with Gasteiger partial charge in [0.15, 0.2) is 0 Å². The Kier molecular flexibility index (Phi) is 4.90. The second kappa shape index (κ2) is 6.54. The van der Waals surface area contributed by atoms with Gasteiger partial charge >= 0.3 is 0 Å². The average molecular weight is 331 g/mol. The summed E-state index contributed by atoms with van der Waals surface area (Å²) in [5, 5.41) is 0. The maximum atomic E-state index is 13.1. The summed E-state index contributed by atoms with van der Waals surface area (Å²) in [4.78, 5) is 12.6. The zero-order valence-corrected chi connectivity index (χ0v) is 14.2. The summed E-state index contributed by atoms with van der Waals surface area (Å²) in [6.45, 7) is 7.30. The molecule has 1 amide bonds. The number of rotatable bonds is 5. The van der Waals surface area contributed by atoms with E-state index in [0.717, 1.165) is 9.87 Å². The van der Waals surface area contributed by atoms with Gasteiger partial charge in [-0.3, -0.25) is 4.79 Å². The van der Waals surface area contributed by atoms with Crippen LogP contribution in [0.1, 0.15) is 25.3 Å². The van der Waals surface area contributed by atoms with Crippen molar-refractivity contribution >= 4 is 15.9 Å². The third-order valence-corrected chi connectivity index (χ3v) is 5.79. The molecule has 0 heterocycles. The van der Waals surface area contributed by atoms with E-state index < -0.39 is 21.5 Å². The molecule has 0 N–H and O–H groups in total. The maximum absolute atomic E-state index is 13.1. The first kappa shape index (κ1) is 17.2. The Morgan fingerprint density at radius 1 is 1.30 bits per heavy atom. The Labute approximate surface area is 137 Å². The molecule has 2 rings (SSSR count). The molecule has 1 atom stereocenters. The summed E-state index contributed by atoms with van der Waals surface area (Å²) in [6.07, 6.45) is 9.11. The van der Waals surface area contributed by atoms with Crippen LogP contribution in [0.5, 0.6) is 0 Å². The Morgan fingerprint density at radius 2 is 1.96 bits per heavy atom. The van der Waals surface area contributed by atoms with Crippen LogP contribution < -0.4 is 0 Å². The first-order valence-electron chi connectivity index (χ1n) is 7.50. The summed E-state index contributed by atoms with van der Waals surface area (Å²) in [6, 6.07) is 6.50. The van der Waals surface area contributed by atoms with E-state index in [1.807, 2.05) is 19.1 Å². The van der Waals surface area contributed by atoms with E-state index in [1.54, 1.807) is 31.2 Å². The molecule has 0 radical (unpaired) electrons. The van der Waals surface area contributed by atoms with Crippen molar-refractivity contribution in [1.82, 2.24) is 4.31 Å². The summed E-state index contributed by atoms with van der Waals surface area (Å²) in [5.41, 5.74) is -0.109. The van der Waals surface area contributed by atoms with Gasteiger partial charge in [-0.05, 0) is 25.5 Å². The third kappa shape index (κ3) is 3.15. The van der Waals surface area contributed by atoms with Crippen molar-refractivity contribution in [2.45, 2.75) is 37.1 Å². The molecule has 23 heavy (non-hydrogen) atoms. The SMILES string of the molecule is C=C[C@@]1(N(C(=O)CC)S(=O)(=O)c2ccc(C)cc2)C=CC=CC1. The van der Waals surface area contributed by atoms with Crippen molar-refractivity contribution in [3.63, 3.8) is 0 Å². The number of allylic oxidation sites excluding steroid dienone is 2. The fraction of sp³-hybridized carbons (Fsp3) is 0.278. The second-order valence-corrected chi connectivity index (χ2v) is 7.30. The summed E-state index contributed by atoms with van der Waals surface area (Å²) >= 11 is 0. The highest BCUT2D eigenvalue weighted by Gasteiger charge is 2.42. The van der Waals surface area contributed by atoms with Crippen molar-refractivity contribution < 1.29 is 13.2 Å². The van der Waals surface area contributed by atoms with Crippen LogP contribution in [0.2, 0.25) is 0 Å². The molecule has 122 valence electrons. The molecular weight excluding hydrogens is 310 g/mol. The zero-order valence-electron chi connectivity index (χ0n) is 13.4. The number of carbonyl (C=O) groups is 1. The van der Waals surface area contributed by atoms with Gasteiger partial charge in [-0.15, -0.1) is 6.58 Å². The topological polar surface area (TPSA) is 54.5 Å².